The number of alkyl carbamates (subject to hydrolysis) is 2. The Bertz CT molecular complexity index is 2500. The molecule has 0 fully saturated rings. The fraction of sp³-hybridized carbons (Fsp3) is 0.375. The van der Waals surface area contributed by atoms with E-state index in [0.29, 0.717) is 43.3 Å². The van der Waals surface area contributed by atoms with E-state index in [4.69, 9.17) is 14.5 Å². The molecule has 2 aromatic heterocycles. The van der Waals surface area contributed by atoms with Gasteiger partial charge in [0.05, 0.1) is 50.2 Å². The van der Waals surface area contributed by atoms with E-state index >= 15 is 0 Å². The zero-order chi connectivity index (χ0) is 46.2. The Morgan fingerprint density at radius 2 is 1.48 bits per heavy atom. The molecule has 0 aliphatic carbocycles. The molecule has 0 bridgehead atoms. The number of H-pyrrole nitrogens is 2. The number of nitrogens with zero attached hydrogens (tertiary/aromatic N) is 4. The zero-order valence-electron chi connectivity index (χ0n) is 38.0. The van der Waals surface area contributed by atoms with Crippen molar-refractivity contribution in [1.82, 2.24) is 40.4 Å². The van der Waals surface area contributed by atoms with Gasteiger partial charge in [-0.25, -0.2) is 19.6 Å². The van der Waals surface area contributed by atoms with Gasteiger partial charge in [0.25, 0.3) is 0 Å². The predicted molar refractivity (Wildman–Crippen MR) is 246 cm³/mol. The van der Waals surface area contributed by atoms with Crippen molar-refractivity contribution in [2.24, 2.45) is 0 Å². The average molecular weight is 877 g/mol. The summed E-state index contributed by atoms with van der Waals surface area (Å²) in [5, 5.41) is 7.07. The number of amides is 4. The first-order valence-electron chi connectivity index (χ1n) is 21.5. The minimum absolute atomic E-state index is 0.167. The highest BCUT2D eigenvalue weighted by Crippen LogP contribution is 2.42. The number of fused-ring (bicyclic) bond motifs is 6. The van der Waals surface area contributed by atoms with E-state index in [2.05, 4.69) is 67.1 Å². The maximum Gasteiger partial charge on any atom is 0.407 e. The maximum atomic E-state index is 13.9. The van der Waals surface area contributed by atoms with Crippen molar-refractivity contribution < 1.29 is 38.1 Å². The molecule has 1 aliphatic heterocycles. The number of methoxy groups -OCH3 is 3. The fourth-order valence-electron chi connectivity index (χ4n) is 7.25. The van der Waals surface area contributed by atoms with Crippen molar-refractivity contribution in [3.8, 4) is 28.1 Å². The summed E-state index contributed by atoms with van der Waals surface area (Å²) in [6.45, 7) is 9.89. The molecule has 4 N–H and O–H groups in total. The van der Waals surface area contributed by atoms with Gasteiger partial charge >= 0.3 is 12.2 Å². The molecule has 1 aliphatic rings. The molecule has 4 amide bonds. The smallest absolute Gasteiger partial charge is 0.407 e. The van der Waals surface area contributed by atoms with E-state index in [1.54, 1.807) is 42.3 Å². The lowest BCUT2D eigenvalue weighted by Crippen LogP contribution is -2.43. The second kappa shape index (κ2) is 23.5. The number of aromatic amines is 2. The SMILES string of the molecule is CCC.CCCN(Cc1nc2c(ccc3cc4c(cc32)OCc2cc(-c3cnc(CN(CCC)C(=O)[C@H](NC(=O)OC)c5ccccc5)[nH]3)ccc2-4)[nH]1)C(=O)CNC(=O)OC.COC. The van der Waals surface area contributed by atoms with Crippen LogP contribution in [-0.2, 0) is 43.5 Å². The van der Waals surface area contributed by atoms with Crippen molar-refractivity contribution in [2.75, 3.05) is 48.1 Å². The van der Waals surface area contributed by atoms with E-state index in [1.165, 1.54) is 20.6 Å². The Morgan fingerprint density at radius 3 is 2.17 bits per heavy atom. The average Bonchev–Trinajstić information content (AvgIpc) is 3.96. The summed E-state index contributed by atoms with van der Waals surface area (Å²) < 4.78 is 20.0. The molecule has 0 saturated carbocycles. The molecular formula is C48H60N8O8. The summed E-state index contributed by atoms with van der Waals surface area (Å²) in [5.74, 6) is 1.50. The lowest BCUT2D eigenvalue weighted by atomic mass is 9.92. The van der Waals surface area contributed by atoms with E-state index in [1.807, 2.05) is 56.3 Å². The maximum absolute atomic E-state index is 13.9. The second-order valence-corrected chi connectivity index (χ2v) is 15.1. The monoisotopic (exact) mass is 876 g/mol. The molecule has 16 nitrogen and oxygen atoms in total. The van der Waals surface area contributed by atoms with Crippen molar-refractivity contribution in [2.45, 2.75) is 72.7 Å². The molecule has 1 atom stereocenters. The van der Waals surface area contributed by atoms with Gasteiger partial charge in [0.15, 0.2) is 0 Å². The molecule has 16 heteroatoms. The van der Waals surface area contributed by atoms with Crippen LogP contribution in [0.2, 0.25) is 0 Å². The summed E-state index contributed by atoms with van der Waals surface area (Å²) in [4.78, 5) is 70.1. The molecule has 0 unspecified atom stereocenters. The van der Waals surface area contributed by atoms with Gasteiger partial charge in [-0.2, -0.15) is 0 Å². The molecule has 0 radical (unpaired) electrons. The molecule has 0 spiro atoms. The highest BCUT2D eigenvalue weighted by atomic mass is 16.5. The summed E-state index contributed by atoms with van der Waals surface area (Å²) >= 11 is 0. The highest BCUT2D eigenvalue weighted by molar-refractivity contribution is 6.07. The third-order valence-electron chi connectivity index (χ3n) is 10.1. The summed E-state index contributed by atoms with van der Waals surface area (Å²) in [7, 11) is 5.77. The molecule has 340 valence electrons. The van der Waals surface area contributed by atoms with Gasteiger partial charge in [-0.05, 0) is 64.7 Å². The number of carbonyl (C=O) groups excluding carboxylic acids is 4. The molecular weight excluding hydrogens is 817 g/mol. The van der Waals surface area contributed by atoms with E-state index < -0.39 is 18.2 Å². The first kappa shape index (κ1) is 48.1. The number of carbonyl (C=O) groups is 4. The second-order valence-electron chi connectivity index (χ2n) is 15.1. The molecule has 3 heterocycles. The number of hydrogen-bond acceptors (Lipinski definition) is 10. The number of ether oxygens (including phenoxy) is 4. The van der Waals surface area contributed by atoms with Gasteiger partial charge in [-0.15, -0.1) is 0 Å². The van der Waals surface area contributed by atoms with Crippen molar-refractivity contribution in [3.63, 3.8) is 0 Å². The lowest BCUT2D eigenvalue weighted by molar-refractivity contribution is -0.134. The minimum atomic E-state index is -0.916. The van der Waals surface area contributed by atoms with Gasteiger partial charge in [-0.3, -0.25) is 9.59 Å². The fourth-order valence-corrected chi connectivity index (χ4v) is 7.25. The number of hydrogen-bond donors (Lipinski definition) is 4. The van der Waals surface area contributed by atoms with Gasteiger partial charge in [0.1, 0.15) is 36.6 Å². The molecule has 4 aromatic carbocycles. The Balaban J connectivity index is 0.00000122. The summed E-state index contributed by atoms with van der Waals surface area (Å²) in [6, 6.07) is 22.6. The summed E-state index contributed by atoms with van der Waals surface area (Å²) in [5.41, 5.74) is 7.06. The Morgan fingerprint density at radius 1 is 0.797 bits per heavy atom. The number of imidazole rings is 2. The normalized spacial score (nSPS) is 11.6. The van der Waals surface area contributed by atoms with Crippen LogP contribution in [0.15, 0.2) is 79.0 Å². The zero-order valence-corrected chi connectivity index (χ0v) is 38.0. The van der Waals surface area contributed by atoms with Crippen LogP contribution in [0.25, 0.3) is 44.2 Å². The number of nitrogens with one attached hydrogen (secondary N) is 4. The van der Waals surface area contributed by atoms with Crippen LogP contribution in [-0.4, -0.2) is 102 Å². The standard InChI is InChI=1S/C43H46N8O7.C3H8.C2H6O/c1-5-16-50(38(52)22-45-42(54)56-3)24-37-46-33-15-13-27-19-32-30-14-12-28(18-29(30)25-58-35(32)20-31(27)40(33)48-37)34-21-44-36(47-34)23-51(17-6-2)41(53)39(49-43(55)57-4)26-10-8-7-9-11-26;2*1-3-2/h7-15,18-21,39H,5-6,16-17,22-25H2,1-4H3,(H,44,47)(H,45,54)(H,46,48)(H,49,55);3H2,1-2H3;1-2H3/t39-;;/m1../s1. The Kier molecular flexibility index (Phi) is 17.7. The topological polar surface area (TPSA) is 193 Å². The van der Waals surface area contributed by atoms with Crippen LogP contribution in [0.5, 0.6) is 5.75 Å². The van der Waals surface area contributed by atoms with Crippen molar-refractivity contribution >= 4 is 45.8 Å². The van der Waals surface area contributed by atoms with Crippen LogP contribution in [0, 0.1) is 0 Å². The predicted octanol–water partition coefficient (Wildman–Crippen LogP) is 8.28. The number of aromatic nitrogens is 4. The van der Waals surface area contributed by atoms with E-state index in [9.17, 15) is 19.2 Å². The molecule has 6 aromatic rings. The Labute approximate surface area is 374 Å². The lowest BCUT2D eigenvalue weighted by Gasteiger charge is -2.27. The van der Waals surface area contributed by atoms with E-state index in [-0.39, 0.29) is 31.4 Å². The first-order chi connectivity index (χ1) is 31.0. The van der Waals surface area contributed by atoms with Crippen LogP contribution in [0.4, 0.5) is 9.59 Å². The van der Waals surface area contributed by atoms with Gasteiger partial charge in [0, 0.05) is 38.3 Å². The third-order valence-corrected chi connectivity index (χ3v) is 10.1. The largest absolute Gasteiger partial charge is 0.488 e. The summed E-state index contributed by atoms with van der Waals surface area (Å²) in [6.07, 6.45) is 3.13. The van der Waals surface area contributed by atoms with Gasteiger partial charge < -0.3 is 49.3 Å². The molecule has 0 saturated heterocycles. The van der Waals surface area contributed by atoms with Gasteiger partial charge in [0.2, 0.25) is 11.8 Å². The minimum Gasteiger partial charge on any atom is -0.488 e. The quantitative estimate of drug-likeness (QED) is 0.0828. The molecule has 64 heavy (non-hydrogen) atoms. The van der Waals surface area contributed by atoms with Crippen LogP contribution in [0.1, 0.15) is 75.8 Å². The number of benzene rings is 4. The highest BCUT2D eigenvalue weighted by Gasteiger charge is 2.29. The van der Waals surface area contributed by atoms with Crippen LogP contribution >= 0.6 is 0 Å². The van der Waals surface area contributed by atoms with Crippen LogP contribution in [0.3, 0.4) is 0 Å². The molecule has 7 rings (SSSR count). The van der Waals surface area contributed by atoms with Crippen molar-refractivity contribution in [3.05, 3.63) is 102 Å². The first-order valence-corrected chi connectivity index (χ1v) is 21.5. The third kappa shape index (κ3) is 11.9. The van der Waals surface area contributed by atoms with E-state index in [0.717, 1.165) is 61.9 Å². The van der Waals surface area contributed by atoms with Gasteiger partial charge in [-0.1, -0.05) is 82.6 Å². The number of rotatable bonds is 14. The van der Waals surface area contributed by atoms with Crippen LogP contribution < -0.4 is 15.4 Å². The van der Waals surface area contributed by atoms with Crippen molar-refractivity contribution in [1.29, 1.82) is 0 Å². The Hall–Kier alpha value is -6.94.